The largest absolute Gasteiger partial charge is 0.456 e. The van der Waals surface area contributed by atoms with Crippen LogP contribution in [0.2, 0.25) is 0 Å². The highest BCUT2D eigenvalue weighted by molar-refractivity contribution is 6.07. The SMILES string of the molecule is c1ccc(C2(c3ccccc3)c3ccccc3-c3ccc(N(c4cccc(-c5ccccc5-c5cccc6c5-c5ccccc5C65c6ccccc6-c6ccccc65)c4)c4ccc5c(c4)oc4ccccc45)cc32)cc1. The van der Waals surface area contributed by atoms with Crippen LogP contribution < -0.4 is 4.90 Å². The molecular weight excluding hydrogens is 919 g/mol. The number of para-hydroxylation sites is 1. The summed E-state index contributed by atoms with van der Waals surface area (Å²) in [7, 11) is 0. The van der Waals surface area contributed by atoms with E-state index in [-0.39, 0.29) is 0 Å². The molecule has 1 spiro atoms. The van der Waals surface area contributed by atoms with E-state index in [0.29, 0.717) is 0 Å². The van der Waals surface area contributed by atoms with Crippen molar-refractivity contribution in [3.63, 3.8) is 0 Å². The first kappa shape index (κ1) is 42.7. The summed E-state index contributed by atoms with van der Waals surface area (Å²) in [6.45, 7) is 0. The molecule has 2 nitrogen and oxygen atoms in total. The van der Waals surface area contributed by atoms with E-state index in [1.807, 2.05) is 6.07 Å². The van der Waals surface area contributed by atoms with E-state index in [1.54, 1.807) is 0 Å². The van der Waals surface area contributed by atoms with Gasteiger partial charge in [-0.3, -0.25) is 0 Å². The number of furan rings is 1. The second-order valence-corrected chi connectivity index (χ2v) is 20.6. The zero-order valence-corrected chi connectivity index (χ0v) is 41.5. The van der Waals surface area contributed by atoms with E-state index in [1.165, 1.54) is 94.6 Å². The van der Waals surface area contributed by atoms with Gasteiger partial charge in [0.15, 0.2) is 0 Å². The monoisotopic (exact) mass is 965 g/mol. The first-order valence-corrected chi connectivity index (χ1v) is 26.4. The van der Waals surface area contributed by atoms with Crippen LogP contribution >= 0.6 is 0 Å². The van der Waals surface area contributed by atoms with Crippen molar-refractivity contribution in [2.45, 2.75) is 10.8 Å². The van der Waals surface area contributed by atoms with Gasteiger partial charge in [0.25, 0.3) is 0 Å². The van der Waals surface area contributed by atoms with Gasteiger partial charge in [-0.2, -0.15) is 0 Å². The third-order valence-electron chi connectivity index (χ3n) is 17.0. The molecule has 76 heavy (non-hydrogen) atoms. The quantitative estimate of drug-likeness (QED) is 0.158. The fourth-order valence-electron chi connectivity index (χ4n) is 14.0. The first-order valence-electron chi connectivity index (χ1n) is 26.4. The van der Waals surface area contributed by atoms with Crippen LogP contribution in [0.4, 0.5) is 17.1 Å². The zero-order valence-electron chi connectivity index (χ0n) is 41.5. The summed E-state index contributed by atoms with van der Waals surface area (Å²) in [5, 5.41) is 2.21. The van der Waals surface area contributed by atoms with Crippen molar-refractivity contribution in [3.8, 4) is 55.6 Å². The van der Waals surface area contributed by atoms with Crippen LogP contribution in [0.1, 0.15) is 44.5 Å². The number of fused-ring (bicyclic) bond motifs is 16. The van der Waals surface area contributed by atoms with Gasteiger partial charge in [-0.25, -0.2) is 0 Å². The third kappa shape index (κ3) is 5.81. The standard InChI is InChI=1S/C74H47NO/c1-3-22-49(23-4-1)73(50-24-5-2-6-25-50)64-35-14-9-31-58(64)59-43-41-52(46-69(59)73)75(53-42-44-61-60-32-13-18-40-70(60)76-71(61)47-53)51-26-19-21-48(45-51)54-27-7-8-28-55(54)62-34-20-39-68-72(62)63-33-12-17-38-67(63)74(68)65-36-15-10-29-56(65)57-30-11-16-37-66(57)74/h1-47H. The number of nitrogens with zero attached hydrogens (tertiary/aromatic N) is 1. The minimum atomic E-state index is -0.560. The highest BCUT2D eigenvalue weighted by Crippen LogP contribution is 2.64. The topological polar surface area (TPSA) is 16.4 Å². The Kier molecular flexibility index (Phi) is 9.20. The van der Waals surface area contributed by atoms with Gasteiger partial charge in [-0.15, -0.1) is 0 Å². The second kappa shape index (κ2) is 16.4. The number of benzene rings is 12. The lowest BCUT2D eigenvalue weighted by Crippen LogP contribution is -2.28. The lowest BCUT2D eigenvalue weighted by Gasteiger charge is -2.35. The minimum Gasteiger partial charge on any atom is -0.456 e. The maximum absolute atomic E-state index is 6.65. The highest BCUT2D eigenvalue weighted by atomic mass is 16.3. The van der Waals surface area contributed by atoms with E-state index in [2.05, 4.69) is 284 Å². The molecule has 0 fully saturated rings. The molecule has 3 aliphatic carbocycles. The normalized spacial score (nSPS) is 13.7. The van der Waals surface area contributed by atoms with E-state index < -0.39 is 10.8 Å². The van der Waals surface area contributed by atoms with Crippen LogP contribution in [-0.4, -0.2) is 0 Å². The van der Waals surface area contributed by atoms with Crippen molar-refractivity contribution in [2.24, 2.45) is 0 Å². The summed E-state index contributed by atoms with van der Waals surface area (Å²) >= 11 is 0. The summed E-state index contributed by atoms with van der Waals surface area (Å²) in [5.41, 5.74) is 26.7. The van der Waals surface area contributed by atoms with Crippen molar-refractivity contribution in [3.05, 3.63) is 330 Å². The van der Waals surface area contributed by atoms with Gasteiger partial charge in [0.1, 0.15) is 11.2 Å². The molecule has 0 amide bonds. The van der Waals surface area contributed by atoms with Crippen molar-refractivity contribution in [2.75, 3.05) is 4.90 Å². The molecule has 2 heteroatoms. The Bertz CT molecular complexity index is 4400. The molecule has 1 aromatic heterocycles. The Morgan fingerprint density at radius 3 is 1.39 bits per heavy atom. The summed E-state index contributed by atoms with van der Waals surface area (Å²) < 4.78 is 6.65. The van der Waals surface area contributed by atoms with Crippen molar-refractivity contribution >= 4 is 39.0 Å². The second-order valence-electron chi connectivity index (χ2n) is 20.6. The molecule has 16 rings (SSSR count). The van der Waals surface area contributed by atoms with Crippen LogP contribution in [0.15, 0.2) is 290 Å². The molecule has 0 bridgehead atoms. The van der Waals surface area contributed by atoms with Gasteiger partial charge < -0.3 is 9.32 Å². The summed E-state index contributed by atoms with van der Waals surface area (Å²) in [6, 6.07) is 106. The molecule has 0 N–H and O–H groups in total. The Morgan fingerprint density at radius 2 is 0.711 bits per heavy atom. The Morgan fingerprint density at radius 1 is 0.250 bits per heavy atom. The fraction of sp³-hybridized carbons (Fsp3) is 0.0270. The lowest BCUT2D eigenvalue weighted by atomic mass is 9.67. The Hall–Kier alpha value is -9.76. The zero-order chi connectivity index (χ0) is 50.0. The predicted octanol–water partition coefficient (Wildman–Crippen LogP) is 19.1. The molecule has 0 atom stereocenters. The van der Waals surface area contributed by atoms with Gasteiger partial charge >= 0.3 is 0 Å². The average Bonchev–Trinajstić information content (AvgIpc) is 4.38. The molecule has 13 aromatic rings. The van der Waals surface area contributed by atoms with Gasteiger partial charge in [0.2, 0.25) is 0 Å². The first-order chi connectivity index (χ1) is 37.7. The Labute approximate surface area is 442 Å². The van der Waals surface area contributed by atoms with Gasteiger partial charge in [0, 0.05) is 33.9 Å². The predicted molar refractivity (Wildman–Crippen MR) is 313 cm³/mol. The summed E-state index contributed by atoms with van der Waals surface area (Å²) in [6.07, 6.45) is 0. The minimum absolute atomic E-state index is 0.429. The lowest BCUT2D eigenvalue weighted by molar-refractivity contribution is 0.669. The molecule has 0 unspecified atom stereocenters. The van der Waals surface area contributed by atoms with Gasteiger partial charge in [-0.1, -0.05) is 237 Å². The number of hydrogen-bond acceptors (Lipinski definition) is 2. The molecule has 0 aliphatic heterocycles. The third-order valence-corrected chi connectivity index (χ3v) is 17.0. The highest BCUT2D eigenvalue weighted by Gasteiger charge is 2.52. The van der Waals surface area contributed by atoms with Crippen molar-refractivity contribution in [1.82, 2.24) is 0 Å². The van der Waals surface area contributed by atoms with Gasteiger partial charge in [0.05, 0.1) is 10.8 Å². The molecule has 0 radical (unpaired) electrons. The number of anilines is 3. The van der Waals surface area contributed by atoms with E-state index in [4.69, 9.17) is 4.42 Å². The molecule has 354 valence electrons. The fourth-order valence-corrected chi connectivity index (χ4v) is 14.0. The number of rotatable bonds is 7. The molecule has 1 heterocycles. The molecule has 0 saturated heterocycles. The maximum atomic E-state index is 6.65. The summed E-state index contributed by atoms with van der Waals surface area (Å²) in [5.74, 6) is 0. The van der Waals surface area contributed by atoms with Crippen LogP contribution in [-0.2, 0) is 10.8 Å². The van der Waals surface area contributed by atoms with Gasteiger partial charge in [-0.05, 0) is 143 Å². The van der Waals surface area contributed by atoms with Crippen LogP contribution in [0.3, 0.4) is 0 Å². The number of hydrogen-bond donors (Lipinski definition) is 0. The maximum Gasteiger partial charge on any atom is 0.137 e. The molecule has 3 aliphatic rings. The molecular formula is C74H47NO. The molecule has 0 saturated carbocycles. The van der Waals surface area contributed by atoms with Crippen LogP contribution in [0.25, 0.3) is 77.6 Å². The van der Waals surface area contributed by atoms with Crippen LogP contribution in [0.5, 0.6) is 0 Å². The smallest absolute Gasteiger partial charge is 0.137 e. The van der Waals surface area contributed by atoms with Crippen LogP contribution in [0, 0.1) is 0 Å². The molecule has 12 aromatic carbocycles. The average molecular weight is 966 g/mol. The van der Waals surface area contributed by atoms with E-state index in [9.17, 15) is 0 Å². The van der Waals surface area contributed by atoms with Crippen molar-refractivity contribution < 1.29 is 4.42 Å². The van der Waals surface area contributed by atoms with E-state index in [0.717, 1.165) is 44.6 Å². The van der Waals surface area contributed by atoms with Crippen molar-refractivity contribution in [1.29, 1.82) is 0 Å². The Balaban J connectivity index is 0.905. The summed E-state index contributed by atoms with van der Waals surface area (Å²) in [4.78, 5) is 2.43. The van der Waals surface area contributed by atoms with E-state index >= 15 is 0 Å².